The summed E-state index contributed by atoms with van der Waals surface area (Å²) in [6.07, 6.45) is 9.17. The van der Waals surface area contributed by atoms with E-state index >= 15 is 0 Å². The second-order valence-electron chi connectivity index (χ2n) is 4.96. The van der Waals surface area contributed by atoms with Crippen LogP contribution in [0.4, 0.5) is 0 Å². The molecule has 1 aromatic rings. The van der Waals surface area contributed by atoms with Crippen LogP contribution >= 0.6 is 15.9 Å². The van der Waals surface area contributed by atoms with Crippen LogP contribution in [0.15, 0.2) is 47.0 Å². The maximum atomic E-state index is 12.3. The van der Waals surface area contributed by atoms with Crippen molar-refractivity contribution in [3.8, 4) is 5.75 Å². The molecule has 4 heteroatoms. The molecule has 112 valence electrons. The minimum Gasteiger partial charge on any atom is -0.496 e. The van der Waals surface area contributed by atoms with Crippen molar-refractivity contribution in [3.63, 3.8) is 0 Å². The van der Waals surface area contributed by atoms with Gasteiger partial charge in [-0.05, 0) is 38.0 Å². The zero-order valence-electron chi connectivity index (χ0n) is 12.4. The summed E-state index contributed by atoms with van der Waals surface area (Å²) in [5.41, 5.74) is 1.07. The van der Waals surface area contributed by atoms with Gasteiger partial charge >= 0.3 is 0 Å². The summed E-state index contributed by atoms with van der Waals surface area (Å²) in [7, 11) is 1.67. The summed E-state index contributed by atoms with van der Waals surface area (Å²) in [6.45, 7) is 2.72. The van der Waals surface area contributed by atoms with Gasteiger partial charge in [0.15, 0.2) is 0 Å². The number of rotatable bonds is 4. The maximum absolute atomic E-state index is 12.3. The topological polar surface area (TPSA) is 29.5 Å². The Morgan fingerprint density at radius 3 is 2.95 bits per heavy atom. The number of methoxy groups -OCH3 is 1. The normalized spacial score (nSPS) is 18.8. The maximum Gasteiger partial charge on any atom is 0.247 e. The van der Waals surface area contributed by atoms with Crippen molar-refractivity contribution < 1.29 is 9.53 Å². The Morgan fingerprint density at radius 2 is 2.24 bits per heavy atom. The highest BCUT2D eigenvalue weighted by Gasteiger charge is 2.30. The van der Waals surface area contributed by atoms with Crippen LogP contribution in [0.2, 0.25) is 0 Å². The third kappa shape index (κ3) is 3.76. The number of likely N-dealkylation sites (tertiary alicyclic amines) is 1. The summed E-state index contributed by atoms with van der Waals surface area (Å²) in [5, 5.41) is 0. The third-order valence-electron chi connectivity index (χ3n) is 3.63. The van der Waals surface area contributed by atoms with Crippen molar-refractivity contribution >= 4 is 21.8 Å². The van der Waals surface area contributed by atoms with Gasteiger partial charge in [-0.25, -0.2) is 0 Å². The van der Waals surface area contributed by atoms with E-state index in [2.05, 4.69) is 15.9 Å². The fraction of sp³-hybridized carbons (Fsp3) is 0.353. The van der Waals surface area contributed by atoms with Crippen LogP contribution in [-0.2, 0) is 4.79 Å². The fourth-order valence-corrected chi connectivity index (χ4v) is 3.04. The number of carbonyl (C=O) groups excluding carboxylic acids is 1. The molecule has 1 aliphatic heterocycles. The average Bonchev–Trinajstić information content (AvgIpc) is 2.96. The van der Waals surface area contributed by atoms with E-state index in [1.807, 2.05) is 42.2 Å². The van der Waals surface area contributed by atoms with Crippen LogP contribution in [0.5, 0.6) is 5.75 Å². The first-order valence-electron chi connectivity index (χ1n) is 7.10. The van der Waals surface area contributed by atoms with Crippen LogP contribution < -0.4 is 4.74 Å². The number of ether oxygens (including phenoxy) is 1. The second kappa shape index (κ2) is 7.46. The summed E-state index contributed by atoms with van der Waals surface area (Å²) in [4.78, 5) is 14.3. The molecular formula is C17H20BrNO2. The smallest absolute Gasteiger partial charge is 0.247 e. The number of nitrogens with zero attached hydrogens (tertiary/aromatic N) is 1. The molecule has 0 saturated carbocycles. The van der Waals surface area contributed by atoms with Gasteiger partial charge in [-0.2, -0.15) is 0 Å². The number of hydrogen-bond acceptors (Lipinski definition) is 2. The van der Waals surface area contributed by atoms with Gasteiger partial charge in [-0.3, -0.25) is 4.79 Å². The van der Waals surface area contributed by atoms with Crippen LogP contribution in [0.3, 0.4) is 0 Å². The van der Waals surface area contributed by atoms with Crippen molar-refractivity contribution in [1.82, 2.24) is 4.90 Å². The Balaban J connectivity index is 2.26. The lowest BCUT2D eigenvalue weighted by molar-refractivity contribution is -0.126. The van der Waals surface area contributed by atoms with E-state index in [9.17, 15) is 4.79 Å². The highest BCUT2D eigenvalue weighted by atomic mass is 79.9. The summed E-state index contributed by atoms with van der Waals surface area (Å²) in [5.74, 6) is 0.887. The fourth-order valence-electron chi connectivity index (χ4n) is 2.66. The Morgan fingerprint density at radius 1 is 1.43 bits per heavy atom. The van der Waals surface area contributed by atoms with Crippen LogP contribution in [-0.4, -0.2) is 24.5 Å². The Bertz CT molecular complexity index is 566. The number of halogens is 1. The highest BCUT2D eigenvalue weighted by Crippen LogP contribution is 2.38. The van der Waals surface area contributed by atoms with E-state index in [0.717, 1.165) is 35.2 Å². The second-order valence-corrected chi connectivity index (χ2v) is 5.88. The first-order valence-corrected chi connectivity index (χ1v) is 7.90. The van der Waals surface area contributed by atoms with Crippen molar-refractivity contribution in [2.45, 2.75) is 25.8 Å². The number of carbonyl (C=O) groups is 1. The molecule has 0 radical (unpaired) electrons. The monoisotopic (exact) mass is 349 g/mol. The van der Waals surface area contributed by atoms with Gasteiger partial charge in [0.05, 0.1) is 13.2 Å². The lowest BCUT2D eigenvalue weighted by Crippen LogP contribution is -2.29. The molecule has 1 amide bonds. The van der Waals surface area contributed by atoms with E-state index in [4.69, 9.17) is 4.74 Å². The molecule has 0 bridgehead atoms. The first-order chi connectivity index (χ1) is 10.2. The quantitative estimate of drug-likeness (QED) is 0.600. The van der Waals surface area contributed by atoms with Gasteiger partial charge in [0.2, 0.25) is 5.91 Å². The molecule has 1 aromatic carbocycles. The van der Waals surface area contributed by atoms with Gasteiger partial charge in [-0.15, -0.1) is 0 Å². The van der Waals surface area contributed by atoms with E-state index in [-0.39, 0.29) is 11.9 Å². The zero-order chi connectivity index (χ0) is 15.2. The molecule has 0 aliphatic carbocycles. The molecule has 1 unspecified atom stereocenters. The SMILES string of the molecule is CC=CC=CC(=O)N1CCCC1c1cc(Br)ccc1OC. The minimum atomic E-state index is 0.0534. The van der Waals surface area contributed by atoms with Crippen molar-refractivity contribution in [1.29, 1.82) is 0 Å². The van der Waals surface area contributed by atoms with Crippen LogP contribution in [0.1, 0.15) is 31.4 Å². The zero-order valence-corrected chi connectivity index (χ0v) is 14.0. The molecule has 1 atom stereocenters. The largest absolute Gasteiger partial charge is 0.496 e. The molecule has 1 aliphatic rings. The number of allylic oxidation sites excluding steroid dienone is 3. The molecule has 2 rings (SSSR count). The third-order valence-corrected chi connectivity index (χ3v) is 4.12. The molecule has 0 aromatic heterocycles. The van der Waals surface area contributed by atoms with Gasteiger partial charge in [-0.1, -0.05) is 34.2 Å². The molecule has 0 N–H and O–H groups in total. The summed E-state index contributed by atoms with van der Waals surface area (Å²) < 4.78 is 6.45. The van der Waals surface area contributed by atoms with Crippen LogP contribution in [0, 0.1) is 0 Å². The standard InChI is InChI=1S/C17H20BrNO2/c1-3-4-5-8-17(20)19-11-6-7-15(19)14-12-13(18)9-10-16(14)21-2/h3-5,8-10,12,15H,6-7,11H2,1-2H3. The summed E-state index contributed by atoms with van der Waals surface area (Å²) in [6, 6.07) is 6.02. The lowest BCUT2D eigenvalue weighted by Gasteiger charge is -2.25. The Hall–Kier alpha value is -1.55. The molecule has 21 heavy (non-hydrogen) atoms. The highest BCUT2D eigenvalue weighted by molar-refractivity contribution is 9.10. The van der Waals surface area contributed by atoms with Crippen molar-refractivity contribution in [3.05, 3.63) is 52.5 Å². The van der Waals surface area contributed by atoms with Gasteiger partial charge in [0.25, 0.3) is 0 Å². The number of hydrogen-bond donors (Lipinski definition) is 0. The van der Waals surface area contributed by atoms with Crippen molar-refractivity contribution in [2.75, 3.05) is 13.7 Å². The van der Waals surface area contributed by atoms with E-state index < -0.39 is 0 Å². The van der Waals surface area contributed by atoms with Gasteiger partial charge < -0.3 is 9.64 Å². The average molecular weight is 350 g/mol. The minimum absolute atomic E-state index is 0.0534. The number of benzene rings is 1. The van der Waals surface area contributed by atoms with Gasteiger partial charge in [0, 0.05) is 22.7 Å². The molecule has 1 heterocycles. The molecule has 1 fully saturated rings. The van der Waals surface area contributed by atoms with Crippen LogP contribution in [0.25, 0.3) is 0 Å². The van der Waals surface area contributed by atoms with Crippen molar-refractivity contribution in [2.24, 2.45) is 0 Å². The molecule has 3 nitrogen and oxygen atoms in total. The van der Waals surface area contributed by atoms with E-state index in [1.54, 1.807) is 19.3 Å². The Labute approximate surface area is 134 Å². The molecular weight excluding hydrogens is 330 g/mol. The van der Waals surface area contributed by atoms with Gasteiger partial charge in [0.1, 0.15) is 5.75 Å². The Kier molecular flexibility index (Phi) is 5.62. The predicted octanol–water partition coefficient (Wildman–Crippen LogP) is 4.25. The first kappa shape index (κ1) is 15.8. The number of amides is 1. The van der Waals surface area contributed by atoms with E-state index in [1.165, 1.54) is 0 Å². The van der Waals surface area contributed by atoms with E-state index in [0.29, 0.717) is 0 Å². The lowest BCUT2D eigenvalue weighted by atomic mass is 10.0. The summed E-state index contributed by atoms with van der Waals surface area (Å²) >= 11 is 3.50. The predicted molar refractivity (Wildman–Crippen MR) is 88.3 cm³/mol. The molecule has 1 saturated heterocycles. The molecule has 0 spiro atoms.